The van der Waals surface area contributed by atoms with E-state index in [0.29, 0.717) is 22.8 Å². The van der Waals surface area contributed by atoms with Crippen LogP contribution < -0.4 is 19.1 Å². The van der Waals surface area contributed by atoms with Crippen LogP contribution in [0, 0.1) is 13.8 Å². The third-order valence-corrected chi connectivity index (χ3v) is 5.89. The van der Waals surface area contributed by atoms with E-state index >= 15 is 0 Å². The lowest BCUT2D eigenvalue weighted by molar-refractivity contribution is -0.139. The zero-order chi connectivity index (χ0) is 26.4. The maximum absolute atomic E-state index is 13.3. The van der Waals surface area contributed by atoms with Crippen LogP contribution in [0.25, 0.3) is 0 Å². The molecule has 3 rings (SSSR count). The molecule has 0 saturated heterocycles. The standard InChI is InChI=1S/C28H33NO7/c1-8-35-27(30)20-15-29(22-14-17(3)10-11-18(22)4)16-21(28(31)36-9-2)24(20)19-12-13-23(32-5)26(34-7)25(19)33-6/h10-16,24H,8-9H2,1-7H3. The van der Waals surface area contributed by atoms with Gasteiger partial charge in [0, 0.05) is 23.7 Å². The second-order valence-corrected chi connectivity index (χ2v) is 8.16. The Morgan fingerprint density at radius 1 is 0.806 bits per heavy atom. The molecule has 0 atom stereocenters. The molecule has 2 aromatic carbocycles. The smallest absolute Gasteiger partial charge is 0.336 e. The van der Waals surface area contributed by atoms with Crippen LogP contribution >= 0.6 is 0 Å². The first kappa shape index (κ1) is 26.7. The van der Waals surface area contributed by atoms with Crippen LogP contribution in [0.4, 0.5) is 5.69 Å². The molecule has 0 N–H and O–H groups in total. The van der Waals surface area contributed by atoms with Gasteiger partial charge < -0.3 is 28.6 Å². The van der Waals surface area contributed by atoms with Crippen molar-refractivity contribution in [3.8, 4) is 17.2 Å². The zero-order valence-electron chi connectivity index (χ0n) is 21.8. The Morgan fingerprint density at radius 2 is 1.39 bits per heavy atom. The van der Waals surface area contributed by atoms with Gasteiger partial charge in [0.15, 0.2) is 11.5 Å². The second kappa shape index (κ2) is 11.7. The van der Waals surface area contributed by atoms with Gasteiger partial charge in [-0.25, -0.2) is 9.59 Å². The molecule has 8 heteroatoms. The van der Waals surface area contributed by atoms with E-state index in [4.69, 9.17) is 23.7 Å². The van der Waals surface area contributed by atoms with Gasteiger partial charge in [0.2, 0.25) is 5.75 Å². The number of nitrogens with zero attached hydrogens (tertiary/aromatic N) is 1. The lowest BCUT2D eigenvalue weighted by atomic mass is 9.82. The number of rotatable bonds is 9. The fraction of sp³-hybridized carbons (Fsp3) is 0.357. The van der Waals surface area contributed by atoms with Crippen LogP contribution in [-0.4, -0.2) is 46.5 Å². The Balaban J connectivity index is 2.33. The fourth-order valence-corrected chi connectivity index (χ4v) is 4.25. The monoisotopic (exact) mass is 495 g/mol. The summed E-state index contributed by atoms with van der Waals surface area (Å²) in [5.74, 6) is -0.795. The van der Waals surface area contributed by atoms with Gasteiger partial charge in [0.1, 0.15) is 0 Å². The second-order valence-electron chi connectivity index (χ2n) is 8.16. The quantitative estimate of drug-likeness (QED) is 0.458. The minimum atomic E-state index is -0.834. The molecule has 0 fully saturated rings. The van der Waals surface area contributed by atoms with Crippen LogP contribution in [0.15, 0.2) is 53.9 Å². The van der Waals surface area contributed by atoms with Crippen molar-refractivity contribution in [2.24, 2.45) is 0 Å². The van der Waals surface area contributed by atoms with E-state index in [2.05, 4.69) is 0 Å². The average Bonchev–Trinajstić information content (AvgIpc) is 2.88. The number of hydrogen-bond donors (Lipinski definition) is 0. The van der Waals surface area contributed by atoms with Gasteiger partial charge >= 0.3 is 11.9 Å². The number of carbonyl (C=O) groups is 2. The molecule has 0 radical (unpaired) electrons. The molecule has 1 heterocycles. The highest BCUT2D eigenvalue weighted by Gasteiger charge is 2.38. The molecule has 192 valence electrons. The van der Waals surface area contributed by atoms with Crippen molar-refractivity contribution in [2.45, 2.75) is 33.6 Å². The SMILES string of the molecule is CCOC(=O)C1=CN(c2cc(C)ccc2C)C=C(C(=O)OCC)C1c1ccc(OC)c(OC)c1OC. The molecular weight excluding hydrogens is 462 g/mol. The molecule has 1 aliphatic heterocycles. The summed E-state index contributed by atoms with van der Waals surface area (Å²) >= 11 is 0. The summed E-state index contributed by atoms with van der Waals surface area (Å²) in [6.45, 7) is 7.77. The third kappa shape index (κ3) is 5.17. The number of ether oxygens (including phenoxy) is 5. The highest BCUT2D eigenvalue weighted by Crippen LogP contribution is 2.48. The van der Waals surface area contributed by atoms with E-state index in [1.165, 1.54) is 21.3 Å². The first-order valence-corrected chi connectivity index (χ1v) is 11.7. The van der Waals surface area contributed by atoms with Gasteiger partial charge in [-0.15, -0.1) is 0 Å². The average molecular weight is 496 g/mol. The lowest BCUT2D eigenvalue weighted by Gasteiger charge is -2.32. The molecule has 0 spiro atoms. The number of esters is 2. The van der Waals surface area contributed by atoms with E-state index in [0.717, 1.165) is 16.8 Å². The van der Waals surface area contributed by atoms with Crippen molar-refractivity contribution in [1.82, 2.24) is 0 Å². The normalized spacial score (nSPS) is 13.5. The lowest BCUT2D eigenvalue weighted by Crippen LogP contribution is -2.30. The number of benzene rings is 2. The minimum Gasteiger partial charge on any atom is -0.493 e. The van der Waals surface area contributed by atoms with Crippen LogP contribution in [-0.2, 0) is 19.1 Å². The van der Waals surface area contributed by atoms with Crippen molar-refractivity contribution in [2.75, 3.05) is 39.4 Å². The molecule has 0 amide bonds. The Kier molecular flexibility index (Phi) is 8.64. The van der Waals surface area contributed by atoms with E-state index < -0.39 is 17.9 Å². The van der Waals surface area contributed by atoms with E-state index in [-0.39, 0.29) is 24.4 Å². The Morgan fingerprint density at radius 3 is 1.89 bits per heavy atom. The Bertz CT molecular complexity index is 1160. The number of carbonyl (C=O) groups excluding carboxylic acids is 2. The first-order valence-electron chi connectivity index (χ1n) is 11.7. The van der Waals surface area contributed by atoms with Crippen molar-refractivity contribution in [3.05, 3.63) is 70.6 Å². The largest absolute Gasteiger partial charge is 0.493 e. The van der Waals surface area contributed by atoms with E-state index in [1.54, 1.807) is 43.3 Å². The summed E-state index contributed by atoms with van der Waals surface area (Å²) in [5, 5.41) is 0. The molecule has 36 heavy (non-hydrogen) atoms. The van der Waals surface area contributed by atoms with Crippen LogP contribution in [0.5, 0.6) is 17.2 Å². The zero-order valence-corrected chi connectivity index (χ0v) is 21.8. The number of hydrogen-bond acceptors (Lipinski definition) is 8. The molecule has 0 aliphatic carbocycles. The number of anilines is 1. The van der Waals surface area contributed by atoms with Gasteiger partial charge in [-0.3, -0.25) is 0 Å². The number of methoxy groups -OCH3 is 3. The van der Waals surface area contributed by atoms with Crippen LogP contribution in [0.1, 0.15) is 36.5 Å². The summed E-state index contributed by atoms with van der Waals surface area (Å²) in [6.07, 6.45) is 3.40. The van der Waals surface area contributed by atoms with Gasteiger partial charge in [-0.05, 0) is 51.0 Å². The van der Waals surface area contributed by atoms with Crippen LogP contribution in [0.2, 0.25) is 0 Å². The Hall–Kier alpha value is -3.94. The molecule has 1 aliphatic rings. The van der Waals surface area contributed by atoms with E-state index in [1.807, 2.05) is 32.0 Å². The predicted molar refractivity (Wildman–Crippen MR) is 137 cm³/mol. The summed E-state index contributed by atoms with van der Waals surface area (Å²) in [4.78, 5) is 28.4. The summed E-state index contributed by atoms with van der Waals surface area (Å²) in [7, 11) is 4.51. The first-order chi connectivity index (χ1) is 17.3. The molecule has 0 saturated carbocycles. The topological polar surface area (TPSA) is 83.5 Å². The molecule has 0 bridgehead atoms. The van der Waals surface area contributed by atoms with Gasteiger partial charge in [0.25, 0.3) is 0 Å². The maximum atomic E-state index is 13.3. The van der Waals surface area contributed by atoms with Gasteiger partial charge in [-0.1, -0.05) is 18.2 Å². The van der Waals surface area contributed by atoms with Crippen molar-refractivity contribution >= 4 is 17.6 Å². The molecule has 8 nitrogen and oxygen atoms in total. The van der Waals surface area contributed by atoms with E-state index in [9.17, 15) is 9.59 Å². The van der Waals surface area contributed by atoms with Gasteiger partial charge in [0.05, 0.1) is 51.6 Å². The fourth-order valence-electron chi connectivity index (χ4n) is 4.25. The summed E-state index contributed by atoms with van der Waals surface area (Å²) in [6, 6.07) is 9.44. The molecule has 2 aromatic rings. The predicted octanol–water partition coefficient (Wildman–Crippen LogP) is 4.83. The summed E-state index contributed by atoms with van der Waals surface area (Å²) < 4.78 is 27.5. The van der Waals surface area contributed by atoms with Crippen molar-refractivity contribution < 1.29 is 33.3 Å². The summed E-state index contributed by atoms with van der Waals surface area (Å²) in [5.41, 5.74) is 3.89. The highest BCUT2D eigenvalue weighted by molar-refractivity contribution is 6.00. The molecule has 0 unspecified atom stereocenters. The van der Waals surface area contributed by atoms with Crippen molar-refractivity contribution in [1.29, 1.82) is 0 Å². The molecule has 0 aromatic heterocycles. The molecular formula is C28H33NO7. The third-order valence-electron chi connectivity index (χ3n) is 5.89. The van der Waals surface area contributed by atoms with Crippen molar-refractivity contribution in [3.63, 3.8) is 0 Å². The van der Waals surface area contributed by atoms with Crippen LogP contribution in [0.3, 0.4) is 0 Å². The maximum Gasteiger partial charge on any atom is 0.336 e. The van der Waals surface area contributed by atoms with Gasteiger partial charge in [-0.2, -0.15) is 0 Å². The number of aryl methyl sites for hydroxylation is 2. The highest BCUT2D eigenvalue weighted by atomic mass is 16.5. The minimum absolute atomic E-state index is 0.174. The Labute approximate surface area is 212 Å².